The Balaban J connectivity index is 2.29. The lowest BCUT2D eigenvalue weighted by atomic mass is 10.0. The maximum Gasteiger partial charge on any atom is 0.133 e. The Hall–Kier alpha value is -0.510. The summed E-state index contributed by atoms with van der Waals surface area (Å²) in [6, 6.07) is 12.2. The average molecular weight is 433 g/mol. The van der Waals surface area contributed by atoms with E-state index in [2.05, 4.69) is 50.9 Å². The van der Waals surface area contributed by atoms with Crippen LogP contribution in [0.15, 0.2) is 40.9 Å². The molecule has 0 aliphatic rings. The third-order valence-electron chi connectivity index (χ3n) is 3.21. The van der Waals surface area contributed by atoms with E-state index in [9.17, 15) is 0 Å². The van der Waals surface area contributed by atoms with Gasteiger partial charge < -0.3 is 4.74 Å². The van der Waals surface area contributed by atoms with Crippen molar-refractivity contribution in [1.29, 1.82) is 0 Å². The predicted octanol–water partition coefficient (Wildman–Crippen LogP) is 6.68. The van der Waals surface area contributed by atoms with Gasteiger partial charge in [0.15, 0.2) is 0 Å². The SMILES string of the molecule is CCCOc1ccc(C(Br)c2cccc(C)c2Cl)cc1Br. The summed E-state index contributed by atoms with van der Waals surface area (Å²) in [5, 5.41) is 0.807. The molecule has 2 rings (SSSR count). The first-order valence-corrected chi connectivity index (χ1v) is 8.94. The van der Waals surface area contributed by atoms with Crippen LogP contribution in [0.4, 0.5) is 0 Å². The molecule has 1 nitrogen and oxygen atoms in total. The van der Waals surface area contributed by atoms with E-state index in [4.69, 9.17) is 16.3 Å². The van der Waals surface area contributed by atoms with Gasteiger partial charge in [0.2, 0.25) is 0 Å². The van der Waals surface area contributed by atoms with Gasteiger partial charge in [-0.15, -0.1) is 0 Å². The number of halogens is 3. The molecule has 0 amide bonds. The minimum Gasteiger partial charge on any atom is -0.492 e. The summed E-state index contributed by atoms with van der Waals surface area (Å²) in [7, 11) is 0. The third kappa shape index (κ3) is 4.02. The zero-order valence-corrected chi connectivity index (χ0v) is 15.9. The van der Waals surface area contributed by atoms with Gasteiger partial charge in [-0.1, -0.05) is 58.7 Å². The van der Waals surface area contributed by atoms with Gasteiger partial charge in [0.05, 0.1) is 15.9 Å². The summed E-state index contributed by atoms with van der Waals surface area (Å²) < 4.78 is 6.64. The highest BCUT2D eigenvalue weighted by Gasteiger charge is 2.16. The molecule has 21 heavy (non-hydrogen) atoms. The molecule has 0 heterocycles. The van der Waals surface area contributed by atoms with Crippen LogP contribution in [0.1, 0.15) is 34.9 Å². The van der Waals surface area contributed by atoms with Crippen LogP contribution in [0.5, 0.6) is 5.75 Å². The number of ether oxygens (including phenoxy) is 1. The maximum absolute atomic E-state index is 6.41. The first kappa shape index (κ1) is 16.9. The molecule has 4 heteroatoms. The Morgan fingerprint density at radius 2 is 2.00 bits per heavy atom. The van der Waals surface area contributed by atoms with Gasteiger partial charge in [0.25, 0.3) is 0 Å². The van der Waals surface area contributed by atoms with Crippen LogP contribution in [0.3, 0.4) is 0 Å². The zero-order chi connectivity index (χ0) is 15.4. The molecule has 0 N–H and O–H groups in total. The first-order chi connectivity index (χ1) is 10.0. The summed E-state index contributed by atoms with van der Waals surface area (Å²) in [5.41, 5.74) is 3.30. The van der Waals surface area contributed by atoms with Crippen molar-refractivity contribution in [2.45, 2.75) is 25.1 Å². The van der Waals surface area contributed by atoms with E-state index in [-0.39, 0.29) is 4.83 Å². The van der Waals surface area contributed by atoms with Crippen LogP contribution in [0, 0.1) is 6.92 Å². The summed E-state index contributed by atoms with van der Waals surface area (Å²) in [6.45, 7) is 4.83. The van der Waals surface area contributed by atoms with Crippen molar-refractivity contribution in [1.82, 2.24) is 0 Å². The second-order valence-corrected chi connectivity index (χ2v) is 7.03. The Morgan fingerprint density at radius 1 is 1.24 bits per heavy atom. The molecule has 112 valence electrons. The van der Waals surface area contributed by atoms with Crippen molar-refractivity contribution in [3.05, 3.63) is 62.6 Å². The van der Waals surface area contributed by atoms with Gasteiger partial charge in [-0.05, 0) is 58.1 Å². The highest BCUT2D eigenvalue weighted by atomic mass is 79.9. The standard InChI is InChI=1S/C17H17Br2ClO/c1-3-9-21-15-8-7-12(10-14(15)18)16(19)13-6-4-5-11(2)17(13)20/h4-8,10,16H,3,9H2,1-2H3. The van der Waals surface area contributed by atoms with Crippen LogP contribution in [0.25, 0.3) is 0 Å². The lowest BCUT2D eigenvalue weighted by Crippen LogP contribution is -1.98. The molecule has 0 spiro atoms. The second-order valence-electron chi connectivity index (χ2n) is 4.88. The summed E-state index contributed by atoms with van der Waals surface area (Å²) in [4.78, 5) is 0.0569. The fourth-order valence-corrected chi connectivity index (χ4v) is 3.59. The summed E-state index contributed by atoms with van der Waals surface area (Å²) in [6.07, 6.45) is 0.994. The van der Waals surface area contributed by atoms with Gasteiger partial charge in [-0.2, -0.15) is 0 Å². The van der Waals surface area contributed by atoms with E-state index in [0.29, 0.717) is 0 Å². The van der Waals surface area contributed by atoms with Crippen LogP contribution in [0.2, 0.25) is 5.02 Å². The van der Waals surface area contributed by atoms with Crippen LogP contribution in [-0.2, 0) is 0 Å². The van der Waals surface area contributed by atoms with Gasteiger partial charge >= 0.3 is 0 Å². The van der Waals surface area contributed by atoms with E-state index in [1.165, 1.54) is 0 Å². The molecule has 0 aromatic heterocycles. The topological polar surface area (TPSA) is 9.23 Å². The van der Waals surface area contributed by atoms with Gasteiger partial charge in [0.1, 0.15) is 5.75 Å². The van der Waals surface area contributed by atoms with Crippen molar-refractivity contribution in [2.75, 3.05) is 6.61 Å². The highest BCUT2D eigenvalue weighted by molar-refractivity contribution is 9.10. The molecular weight excluding hydrogens is 415 g/mol. The minimum absolute atomic E-state index is 0.0569. The lowest BCUT2D eigenvalue weighted by Gasteiger charge is -2.15. The number of alkyl halides is 1. The van der Waals surface area contributed by atoms with E-state index < -0.39 is 0 Å². The molecule has 0 fully saturated rings. The monoisotopic (exact) mass is 430 g/mol. The summed E-state index contributed by atoms with van der Waals surface area (Å²) in [5.74, 6) is 0.871. The number of rotatable bonds is 5. The van der Waals surface area contributed by atoms with Crippen molar-refractivity contribution in [2.24, 2.45) is 0 Å². The maximum atomic E-state index is 6.41. The third-order valence-corrected chi connectivity index (χ3v) is 5.36. The largest absolute Gasteiger partial charge is 0.492 e. The minimum atomic E-state index is 0.0569. The van der Waals surface area contributed by atoms with Crippen molar-refractivity contribution >= 4 is 43.5 Å². The van der Waals surface area contributed by atoms with E-state index >= 15 is 0 Å². The van der Waals surface area contributed by atoms with Gasteiger partial charge in [-0.25, -0.2) is 0 Å². The van der Waals surface area contributed by atoms with Gasteiger partial charge in [0, 0.05) is 5.02 Å². The molecular formula is C17H17Br2ClO. The number of hydrogen-bond acceptors (Lipinski definition) is 1. The van der Waals surface area contributed by atoms with E-state index in [1.807, 2.05) is 31.2 Å². The number of benzene rings is 2. The molecule has 2 aromatic carbocycles. The Morgan fingerprint density at radius 3 is 2.67 bits per heavy atom. The second kappa shape index (κ2) is 7.66. The zero-order valence-electron chi connectivity index (χ0n) is 12.0. The van der Waals surface area contributed by atoms with Gasteiger partial charge in [-0.3, -0.25) is 0 Å². The molecule has 1 unspecified atom stereocenters. The lowest BCUT2D eigenvalue weighted by molar-refractivity contribution is 0.315. The number of hydrogen-bond donors (Lipinski definition) is 0. The average Bonchev–Trinajstić information content (AvgIpc) is 2.48. The Labute approximate surface area is 147 Å². The highest BCUT2D eigenvalue weighted by Crippen LogP contribution is 2.39. The Kier molecular flexibility index (Phi) is 6.15. The normalized spacial score (nSPS) is 12.2. The van der Waals surface area contributed by atoms with Crippen molar-refractivity contribution in [3.63, 3.8) is 0 Å². The van der Waals surface area contributed by atoms with Crippen molar-refractivity contribution in [3.8, 4) is 5.75 Å². The quantitative estimate of drug-likeness (QED) is 0.479. The molecule has 0 aliphatic heterocycles. The first-order valence-electron chi connectivity index (χ1n) is 6.86. The summed E-state index contributed by atoms with van der Waals surface area (Å²) >= 11 is 13.7. The fraction of sp³-hybridized carbons (Fsp3) is 0.294. The predicted molar refractivity (Wildman–Crippen MR) is 96.9 cm³/mol. The van der Waals surface area contributed by atoms with Crippen LogP contribution < -0.4 is 4.74 Å². The molecule has 0 bridgehead atoms. The molecule has 0 saturated carbocycles. The molecule has 0 aliphatic carbocycles. The van der Waals surface area contributed by atoms with E-state index in [0.717, 1.165) is 45.0 Å². The molecule has 0 saturated heterocycles. The van der Waals surface area contributed by atoms with E-state index in [1.54, 1.807) is 0 Å². The molecule has 1 atom stereocenters. The molecule has 0 radical (unpaired) electrons. The van der Waals surface area contributed by atoms with Crippen LogP contribution in [-0.4, -0.2) is 6.61 Å². The smallest absolute Gasteiger partial charge is 0.133 e. The molecule has 2 aromatic rings. The number of aryl methyl sites for hydroxylation is 1. The Bertz CT molecular complexity index is 628. The van der Waals surface area contributed by atoms with Crippen molar-refractivity contribution < 1.29 is 4.74 Å². The van der Waals surface area contributed by atoms with Crippen LogP contribution >= 0.6 is 43.5 Å². The fourth-order valence-electron chi connectivity index (χ4n) is 2.05.